The van der Waals surface area contributed by atoms with Gasteiger partial charge in [-0.15, -0.1) is 0 Å². The first kappa shape index (κ1) is 15.7. The lowest BCUT2D eigenvalue weighted by atomic mass is 10.2. The van der Waals surface area contributed by atoms with E-state index >= 15 is 0 Å². The molecule has 0 spiro atoms. The van der Waals surface area contributed by atoms with Crippen LogP contribution in [0.15, 0.2) is 78.7 Å². The zero-order valence-corrected chi connectivity index (χ0v) is 13.4. The van der Waals surface area contributed by atoms with Gasteiger partial charge in [0.15, 0.2) is 0 Å². The molecule has 0 saturated heterocycles. The Labute approximate surface area is 140 Å². The second-order valence-corrected chi connectivity index (χ2v) is 5.46. The molecule has 0 atom stereocenters. The summed E-state index contributed by atoms with van der Waals surface area (Å²) in [5.74, 6) is -0.357. The van der Waals surface area contributed by atoms with Crippen molar-refractivity contribution in [2.24, 2.45) is 0 Å². The Morgan fingerprint density at radius 1 is 1.08 bits per heavy atom. The van der Waals surface area contributed by atoms with Crippen LogP contribution in [0.5, 0.6) is 0 Å². The summed E-state index contributed by atoms with van der Waals surface area (Å²) in [6.45, 7) is 2.49. The van der Waals surface area contributed by atoms with Gasteiger partial charge in [-0.3, -0.25) is 4.98 Å². The van der Waals surface area contributed by atoms with Gasteiger partial charge in [-0.1, -0.05) is 24.3 Å². The van der Waals surface area contributed by atoms with E-state index in [1.54, 1.807) is 18.3 Å². The van der Waals surface area contributed by atoms with Crippen LogP contribution in [0.1, 0.15) is 17.3 Å². The molecule has 0 amide bonds. The first-order valence-electron chi connectivity index (χ1n) is 7.73. The van der Waals surface area contributed by atoms with Crippen molar-refractivity contribution >= 4 is 22.6 Å². The Kier molecular flexibility index (Phi) is 4.87. The van der Waals surface area contributed by atoms with Gasteiger partial charge < -0.3 is 10.1 Å². The summed E-state index contributed by atoms with van der Waals surface area (Å²) >= 11 is 0. The van der Waals surface area contributed by atoms with Crippen molar-refractivity contribution in [1.82, 2.24) is 4.98 Å². The molecule has 24 heavy (non-hydrogen) atoms. The number of ether oxygens (including phenoxy) is 1. The lowest BCUT2D eigenvalue weighted by molar-refractivity contribution is 0.0660. The second kappa shape index (κ2) is 7.42. The highest BCUT2D eigenvalue weighted by Crippen LogP contribution is 2.21. The van der Waals surface area contributed by atoms with Crippen molar-refractivity contribution in [3.8, 4) is 0 Å². The number of benzene rings is 2. The number of nitrogens with zero attached hydrogens (tertiary/aromatic N) is 1. The molecule has 0 aliphatic rings. The van der Waals surface area contributed by atoms with E-state index in [1.807, 2.05) is 55.5 Å². The van der Waals surface area contributed by atoms with Gasteiger partial charge in [0.2, 0.25) is 0 Å². The predicted octanol–water partition coefficient (Wildman–Crippen LogP) is 4.41. The molecular weight excluding hydrogens is 300 g/mol. The number of aromatic nitrogens is 1. The number of carbonyl (C=O) groups is 1. The lowest BCUT2D eigenvalue weighted by Gasteiger charge is -2.09. The molecule has 120 valence electrons. The Morgan fingerprint density at radius 2 is 1.92 bits per heavy atom. The van der Waals surface area contributed by atoms with Crippen molar-refractivity contribution < 1.29 is 9.53 Å². The third-order valence-electron chi connectivity index (χ3n) is 3.58. The molecule has 0 saturated carbocycles. The highest BCUT2D eigenvalue weighted by molar-refractivity contribution is 5.91. The maximum Gasteiger partial charge on any atom is 0.342 e. The van der Waals surface area contributed by atoms with Crippen molar-refractivity contribution in [2.75, 3.05) is 11.9 Å². The van der Waals surface area contributed by atoms with Crippen LogP contribution in [0.4, 0.5) is 5.69 Å². The molecule has 4 heteroatoms. The van der Waals surface area contributed by atoms with Crippen LogP contribution in [0.2, 0.25) is 0 Å². The van der Waals surface area contributed by atoms with Gasteiger partial charge in [0, 0.05) is 23.8 Å². The van der Waals surface area contributed by atoms with E-state index in [0.29, 0.717) is 12.1 Å². The van der Waals surface area contributed by atoms with E-state index in [-0.39, 0.29) is 5.97 Å². The summed E-state index contributed by atoms with van der Waals surface area (Å²) in [6.07, 6.45) is 3.27. The number of anilines is 1. The fourth-order valence-electron chi connectivity index (χ4n) is 2.33. The van der Waals surface area contributed by atoms with Crippen molar-refractivity contribution in [2.45, 2.75) is 6.92 Å². The highest BCUT2D eigenvalue weighted by Gasteiger charge is 2.05. The molecule has 2 aromatic carbocycles. The lowest BCUT2D eigenvalue weighted by Crippen LogP contribution is -2.06. The van der Waals surface area contributed by atoms with Gasteiger partial charge in [-0.05, 0) is 48.9 Å². The monoisotopic (exact) mass is 318 g/mol. The standard InChI is InChI=1S/C20H18N2O2/c1-15(14-24-20(23)16-7-3-2-4-8-16)13-22-19-11-5-10-18-17(19)9-6-12-21-18/h2-12,14,22H,13H2,1H3. The number of carbonyl (C=O) groups excluding carboxylic acids is 1. The van der Waals surface area contributed by atoms with E-state index < -0.39 is 0 Å². The molecular formula is C20H18N2O2. The molecule has 0 bridgehead atoms. The minimum atomic E-state index is -0.357. The highest BCUT2D eigenvalue weighted by atomic mass is 16.5. The number of hydrogen-bond donors (Lipinski definition) is 1. The summed E-state index contributed by atoms with van der Waals surface area (Å²) in [4.78, 5) is 16.2. The number of nitrogens with one attached hydrogen (secondary N) is 1. The van der Waals surface area contributed by atoms with E-state index in [0.717, 1.165) is 22.2 Å². The van der Waals surface area contributed by atoms with Crippen LogP contribution in [0.3, 0.4) is 0 Å². The smallest absolute Gasteiger partial charge is 0.342 e. The van der Waals surface area contributed by atoms with Crippen molar-refractivity contribution in [3.63, 3.8) is 0 Å². The number of rotatable bonds is 5. The van der Waals surface area contributed by atoms with Crippen LogP contribution >= 0.6 is 0 Å². The van der Waals surface area contributed by atoms with Gasteiger partial charge in [-0.25, -0.2) is 4.79 Å². The Hall–Kier alpha value is -3.14. The fraction of sp³-hybridized carbons (Fsp3) is 0.100. The molecule has 3 rings (SSSR count). The Balaban J connectivity index is 1.62. The van der Waals surface area contributed by atoms with Gasteiger partial charge in [0.05, 0.1) is 17.3 Å². The van der Waals surface area contributed by atoms with Crippen molar-refractivity contribution in [1.29, 1.82) is 0 Å². The van der Waals surface area contributed by atoms with E-state index in [1.165, 1.54) is 6.26 Å². The molecule has 0 aliphatic heterocycles. The van der Waals surface area contributed by atoms with Gasteiger partial charge in [-0.2, -0.15) is 0 Å². The molecule has 0 fully saturated rings. The van der Waals surface area contributed by atoms with Gasteiger partial charge in [0.25, 0.3) is 0 Å². The SMILES string of the molecule is CC(=COC(=O)c1ccccc1)CNc1cccc2ncccc12. The van der Waals surface area contributed by atoms with E-state index in [9.17, 15) is 4.79 Å². The molecule has 1 heterocycles. The zero-order valence-electron chi connectivity index (χ0n) is 13.4. The quantitative estimate of drug-likeness (QED) is 0.559. The molecule has 1 N–H and O–H groups in total. The molecule has 0 radical (unpaired) electrons. The number of pyridine rings is 1. The summed E-state index contributed by atoms with van der Waals surface area (Å²) in [7, 11) is 0. The fourth-order valence-corrected chi connectivity index (χ4v) is 2.33. The van der Waals surface area contributed by atoms with Crippen LogP contribution in [0.25, 0.3) is 10.9 Å². The Morgan fingerprint density at radius 3 is 2.75 bits per heavy atom. The van der Waals surface area contributed by atoms with E-state index in [2.05, 4.69) is 10.3 Å². The van der Waals surface area contributed by atoms with Crippen molar-refractivity contribution in [3.05, 3.63) is 84.3 Å². The predicted molar refractivity (Wildman–Crippen MR) is 95.8 cm³/mol. The minimum absolute atomic E-state index is 0.357. The average molecular weight is 318 g/mol. The molecule has 0 unspecified atom stereocenters. The summed E-state index contributed by atoms with van der Waals surface area (Å²) in [5, 5.41) is 4.42. The molecule has 3 aromatic rings. The van der Waals surface area contributed by atoms with Gasteiger partial charge >= 0.3 is 5.97 Å². The molecule has 1 aromatic heterocycles. The van der Waals surface area contributed by atoms with Crippen LogP contribution in [-0.4, -0.2) is 17.5 Å². The molecule has 4 nitrogen and oxygen atoms in total. The second-order valence-electron chi connectivity index (χ2n) is 5.46. The maximum absolute atomic E-state index is 11.9. The largest absolute Gasteiger partial charge is 0.431 e. The first-order chi connectivity index (χ1) is 11.7. The van der Waals surface area contributed by atoms with Crippen LogP contribution < -0.4 is 5.32 Å². The molecule has 0 aliphatic carbocycles. The van der Waals surface area contributed by atoms with Crippen LogP contribution in [-0.2, 0) is 4.74 Å². The maximum atomic E-state index is 11.9. The topological polar surface area (TPSA) is 51.2 Å². The normalized spacial score (nSPS) is 11.3. The number of esters is 1. The first-order valence-corrected chi connectivity index (χ1v) is 7.73. The summed E-state index contributed by atoms with van der Waals surface area (Å²) in [6, 6.07) is 18.8. The third-order valence-corrected chi connectivity index (χ3v) is 3.58. The summed E-state index contributed by atoms with van der Waals surface area (Å²) < 4.78 is 5.21. The van der Waals surface area contributed by atoms with Crippen LogP contribution in [0, 0.1) is 0 Å². The summed E-state index contributed by atoms with van der Waals surface area (Å²) in [5.41, 5.74) is 3.40. The minimum Gasteiger partial charge on any atom is -0.431 e. The number of fused-ring (bicyclic) bond motifs is 1. The Bertz CT molecular complexity index is 868. The average Bonchev–Trinajstić information content (AvgIpc) is 2.65. The number of hydrogen-bond acceptors (Lipinski definition) is 4. The third kappa shape index (κ3) is 3.79. The van der Waals surface area contributed by atoms with E-state index in [4.69, 9.17) is 4.74 Å². The van der Waals surface area contributed by atoms with Gasteiger partial charge in [0.1, 0.15) is 0 Å². The zero-order chi connectivity index (χ0) is 16.8.